The Bertz CT molecular complexity index is 292. The minimum atomic E-state index is -0.429. The molecular weight excluding hydrogens is 148 g/mol. The van der Waals surface area contributed by atoms with E-state index in [1.165, 1.54) is 11.2 Å². The first-order chi connectivity index (χ1) is 5.29. The fraction of sp³-hybridized carbons (Fsp3) is 0.167. The lowest BCUT2D eigenvalue weighted by Crippen LogP contribution is -2.35. The van der Waals surface area contributed by atoms with Crippen LogP contribution in [0, 0.1) is 0 Å². The molecule has 56 valence electrons. The van der Waals surface area contributed by atoms with Crippen LogP contribution < -0.4 is 0 Å². The van der Waals surface area contributed by atoms with E-state index in [1.807, 2.05) is 0 Å². The molecule has 2 amide bonds. The second-order valence-electron chi connectivity index (χ2n) is 2.13. The summed E-state index contributed by atoms with van der Waals surface area (Å²) < 4.78 is 4.77. The molecule has 5 heteroatoms. The molecule has 0 unspecified atom stereocenters. The summed E-state index contributed by atoms with van der Waals surface area (Å²) >= 11 is 0. The fourth-order valence-corrected chi connectivity index (χ4v) is 0.922. The molecule has 0 N–H and O–H groups in total. The highest BCUT2D eigenvalue weighted by molar-refractivity contribution is 6.32. The SMILES string of the molecule is O=C1N=CC(=O)N2COC=C12. The molecule has 0 spiro atoms. The van der Waals surface area contributed by atoms with Crippen molar-refractivity contribution in [2.75, 3.05) is 6.73 Å². The Morgan fingerprint density at radius 2 is 2.36 bits per heavy atom. The molecule has 2 aliphatic rings. The summed E-state index contributed by atoms with van der Waals surface area (Å²) in [4.78, 5) is 26.4. The third kappa shape index (κ3) is 0.739. The van der Waals surface area contributed by atoms with Crippen molar-refractivity contribution in [1.29, 1.82) is 0 Å². The average Bonchev–Trinajstić information content (AvgIpc) is 2.45. The van der Waals surface area contributed by atoms with Gasteiger partial charge in [0.25, 0.3) is 11.8 Å². The van der Waals surface area contributed by atoms with Gasteiger partial charge in [0.2, 0.25) is 0 Å². The molecule has 2 heterocycles. The van der Waals surface area contributed by atoms with Crippen LogP contribution in [0.25, 0.3) is 0 Å². The summed E-state index contributed by atoms with van der Waals surface area (Å²) in [5.41, 5.74) is 0.220. The second-order valence-corrected chi connectivity index (χ2v) is 2.13. The van der Waals surface area contributed by atoms with E-state index in [9.17, 15) is 9.59 Å². The number of rotatable bonds is 0. The van der Waals surface area contributed by atoms with Crippen LogP contribution in [-0.2, 0) is 14.3 Å². The number of nitrogens with zero attached hydrogens (tertiary/aromatic N) is 2. The first kappa shape index (κ1) is 6.09. The number of carbonyl (C=O) groups excluding carboxylic acids is 2. The van der Waals surface area contributed by atoms with Crippen LogP contribution in [0.2, 0.25) is 0 Å². The highest BCUT2D eigenvalue weighted by atomic mass is 16.5. The highest BCUT2D eigenvalue weighted by Crippen LogP contribution is 2.16. The standard InChI is InChI=1S/C6H4N2O3/c9-5-1-7-6(10)4-2-11-3-8(4)5/h1-2H,3H2. The molecule has 0 radical (unpaired) electrons. The van der Waals surface area contributed by atoms with E-state index >= 15 is 0 Å². The Morgan fingerprint density at radius 1 is 1.55 bits per heavy atom. The van der Waals surface area contributed by atoms with Crippen LogP contribution in [0.15, 0.2) is 17.0 Å². The van der Waals surface area contributed by atoms with E-state index in [2.05, 4.69) is 4.99 Å². The van der Waals surface area contributed by atoms with Crippen molar-refractivity contribution >= 4 is 18.0 Å². The smallest absolute Gasteiger partial charge is 0.297 e. The third-order valence-corrected chi connectivity index (χ3v) is 1.47. The summed E-state index contributed by atoms with van der Waals surface area (Å²) in [6.45, 7) is 0.117. The molecule has 0 aliphatic carbocycles. The van der Waals surface area contributed by atoms with Crippen molar-refractivity contribution in [3.8, 4) is 0 Å². The first-order valence-corrected chi connectivity index (χ1v) is 3.01. The number of hydrogen-bond donors (Lipinski definition) is 0. The summed E-state index contributed by atoms with van der Waals surface area (Å²) in [5.74, 6) is -0.740. The lowest BCUT2D eigenvalue weighted by atomic mass is 10.3. The predicted molar refractivity (Wildman–Crippen MR) is 34.4 cm³/mol. The molecule has 0 fully saturated rings. The van der Waals surface area contributed by atoms with Gasteiger partial charge in [-0.2, -0.15) is 0 Å². The van der Waals surface area contributed by atoms with Gasteiger partial charge >= 0.3 is 0 Å². The molecule has 0 bridgehead atoms. The van der Waals surface area contributed by atoms with Crippen LogP contribution in [-0.4, -0.2) is 29.7 Å². The van der Waals surface area contributed by atoms with Gasteiger partial charge in [0.1, 0.15) is 12.0 Å². The second kappa shape index (κ2) is 1.91. The average molecular weight is 152 g/mol. The van der Waals surface area contributed by atoms with Crippen molar-refractivity contribution < 1.29 is 14.3 Å². The minimum absolute atomic E-state index is 0.117. The van der Waals surface area contributed by atoms with Crippen LogP contribution in [0.1, 0.15) is 0 Å². The lowest BCUT2D eigenvalue weighted by molar-refractivity contribution is -0.128. The number of fused-ring (bicyclic) bond motifs is 1. The molecule has 2 aliphatic heterocycles. The van der Waals surface area contributed by atoms with Crippen LogP contribution in [0.4, 0.5) is 0 Å². The molecular formula is C6H4N2O3. The number of amides is 2. The summed E-state index contributed by atoms with van der Waals surface area (Å²) in [7, 11) is 0. The molecule has 11 heavy (non-hydrogen) atoms. The summed E-state index contributed by atoms with van der Waals surface area (Å²) in [6.07, 6.45) is 2.24. The minimum Gasteiger partial charge on any atom is -0.478 e. The fourth-order valence-electron chi connectivity index (χ4n) is 0.922. The third-order valence-electron chi connectivity index (χ3n) is 1.47. The molecule has 0 aromatic rings. The number of aliphatic imine (C=N–C) groups is 1. The van der Waals surface area contributed by atoms with Crippen LogP contribution >= 0.6 is 0 Å². The van der Waals surface area contributed by atoms with Gasteiger partial charge in [-0.15, -0.1) is 0 Å². The van der Waals surface area contributed by atoms with E-state index in [4.69, 9.17) is 4.74 Å². The largest absolute Gasteiger partial charge is 0.478 e. The highest BCUT2D eigenvalue weighted by Gasteiger charge is 2.30. The van der Waals surface area contributed by atoms with Gasteiger partial charge in [-0.05, 0) is 0 Å². The zero-order chi connectivity index (χ0) is 7.84. The number of hydrogen-bond acceptors (Lipinski definition) is 3. The zero-order valence-corrected chi connectivity index (χ0v) is 5.48. The summed E-state index contributed by atoms with van der Waals surface area (Å²) in [5, 5.41) is 0. The summed E-state index contributed by atoms with van der Waals surface area (Å²) in [6, 6.07) is 0. The van der Waals surface area contributed by atoms with Crippen LogP contribution in [0.3, 0.4) is 0 Å². The quantitative estimate of drug-likeness (QED) is 0.459. The molecule has 0 saturated carbocycles. The van der Waals surface area contributed by atoms with E-state index in [0.29, 0.717) is 0 Å². The zero-order valence-electron chi connectivity index (χ0n) is 5.48. The van der Waals surface area contributed by atoms with Gasteiger partial charge in [0.05, 0.1) is 6.21 Å². The molecule has 0 atom stereocenters. The van der Waals surface area contributed by atoms with Crippen molar-refractivity contribution in [3.63, 3.8) is 0 Å². The Kier molecular flexibility index (Phi) is 1.06. The van der Waals surface area contributed by atoms with Gasteiger partial charge in [-0.1, -0.05) is 0 Å². The van der Waals surface area contributed by atoms with E-state index in [1.54, 1.807) is 0 Å². The predicted octanol–water partition coefficient (Wildman–Crippen LogP) is -0.745. The molecule has 5 nitrogen and oxygen atoms in total. The van der Waals surface area contributed by atoms with Gasteiger partial charge in [-0.3, -0.25) is 14.5 Å². The molecule has 2 rings (SSSR count). The van der Waals surface area contributed by atoms with E-state index in [-0.39, 0.29) is 18.3 Å². The van der Waals surface area contributed by atoms with Gasteiger partial charge in [0, 0.05) is 0 Å². The van der Waals surface area contributed by atoms with Gasteiger partial charge < -0.3 is 4.74 Å². The maximum Gasteiger partial charge on any atom is 0.297 e. The normalized spacial score (nSPS) is 21.5. The van der Waals surface area contributed by atoms with E-state index in [0.717, 1.165) is 6.21 Å². The van der Waals surface area contributed by atoms with Crippen molar-refractivity contribution in [2.24, 2.45) is 4.99 Å². The monoisotopic (exact) mass is 152 g/mol. The maximum atomic E-state index is 10.9. The molecule has 0 aromatic carbocycles. The van der Waals surface area contributed by atoms with E-state index < -0.39 is 5.91 Å². The molecule has 0 aromatic heterocycles. The van der Waals surface area contributed by atoms with Crippen molar-refractivity contribution in [3.05, 3.63) is 12.0 Å². The number of ether oxygens (including phenoxy) is 1. The van der Waals surface area contributed by atoms with Crippen molar-refractivity contribution in [2.45, 2.75) is 0 Å². The van der Waals surface area contributed by atoms with Gasteiger partial charge in [0.15, 0.2) is 6.73 Å². The maximum absolute atomic E-state index is 10.9. The topological polar surface area (TPSA) is 59.0 Å². The Labute approximate surface area is 62.0 Å². The Morgan fingerprint density at radius 3 is 3.09 bits per heavy atom. The lowest BCUT2D eigenvalue weighted by Gasteiger charge is -2.15. The van der Waals surface area contributed by atoms with Crippen LogP contribution in [0.5, 0.6) is 0 Å². The molecule has 0 saturated heterocycles. The van der Waals surface area contributed by atoms with Gasteiger partial charge in [-0.25, -0.2) is 4.99 Å². The Balaban J connectivity index is 2.44. The van der Waals surface area contributed by atoms with Crippen molar-refractivity contribution in [1.82, 2.24) is 4.90 Å². The Hall–Kier alpha value is -1.65. The number of carbonyl (C=O) groups is 2. The first-order valence-electron chi connectivity index (χ1n) is 3.01.